The van der Waals surface area contributed by atoms with Crippen molar-refractivity contribution < 1.29 is 9.53 Å². The minimum absolute atomic E-state index is 0.0450. The average Bonchev–Trinajstić information content (AvgIpc) is 2.91. The largest absolute Gasteiger partial charge is 0.466 e. The molecule has 0 aliphatic carbocycles. The fraction of sp³-hybridized carbons (Fsp3) is 0.467. The Hall–Kier alpha value is -1.62. The van der Waals surface area contributed by atoms with E-state index in [1.165, 1.54) is 4.70 Å². The van der Waals surface area contributed by atoms with Crippen molar-refractivity contribution in [2.75, 3.05) is 24.6 Å². The Labute approximate surface area is 122 Å². The number of esters is 1. The molecule has 0 amide bonds. The summed E-state index contributed by atoms with van der Waals surface area (Å²) in [6, 6.07) is 8.19. The monoisotopic (exact) mass is 290 g/mol. The van der Waals surface area contributed by atoms with Crippen molar-refractivity contribution in [2.24, 2.45) is 5.92 Å². The number of fused-ring (bicyclic) bond motifs is 1. The third-order valence-electron chi connectivity index (χ3n) is 3.67. The highest BCUT2D eigenvalue weighted by molar-refractivity contribution is 7.22. The molecule has 20 heavy (non-hydrogen) atoms. The summed E-state index contributed by atoms with van der Waals surface area (Å²) >= 11 is 1.72. The van der Waals surface area contributed by atoms with Gasteiger partial charge in [-0.15, -0.1) is 0 Å². The van der Waals surface area contributed by atoms with Crippen LogP contribution < -0.4 is 4.90 Å². The number of thiazole rings is 1. The topological polar surface area (TPSA) is 42.4 Å². The van der Waals surface area contributed by atoms with Crippen LogP contribution in [0.2, 0.25) is 0 Å². The highest BCUT2D eigenvalue weighted by Gasteiger charge is 2.27. The first kappa shape index (κ1) is 13.4. The van der Waals surface area contributed by atoms with Crippen molar-refractivity contribution in [3.05, 3.63) is 24.3 Å². The van der Waals surface area contributed by atoms with Gasteiger partial charge in [0, 0.05) is 13.1 Å². The van der Waals surface area contributed by atoms with Gasteiger partial charge in [-0.2, -0.15) is 0 Å². The van der Waals surface area contributed by atoms with E-state index >= 15 is 0 Å². The van der Waals surface area contributed by atoms with E-state index in [2.05, 4.69) is 16.0 Å². The fourth-order valence-electron chi connectivity index (χ4n) is 2.56. The van der Waals surface area contributed by atoms with E-state index < -0.39 is 0 Å². The van der Waals surface area contributed by atoms with E-state index in [9.17, 15) is 4.79 Å². The lowest BCUT2D eigenvalue weighted by Gasteiger charge is -2.30. The number of hydrogen-bond acceptors (Lipinski definition) is 5. The molecule has 2 heterocycles. The van der Waals surface area contributed by atoms with Gasteiger partial charge >= 0.3 is 5.97 Å². The van der Waals surface area contributed by atoms with Crippen LogP contribution in [0.4, 0.5) is 5.13 Å². The molecule has 1 saturated heterocycles. The van der Waals surface area contributed by atoms with Crippen LogP contribution in [0.15, 0.2) is 24.3 Å². The summed E-state index contributed by atoms with van der Waals surface area (Å²) in [5.74, 6) is 0.0111. The van der Waals surface area contributed by atoms with Gasteiger partial charge in [0.05, 0.1) is 22.7 Å². The number of ether oxygens (including phenoxy) is 1. The second-order valence-electron chi connectivity index (χ2n) is 4.98. The molecular weight excluding hydrogens is 272 g/mol. The molecule has 0 atom stereocenters. The number of carbonyl (C=O) groups excluding carboxylic acids is 1. The molecule has 0 bridgehead atoms. The van der Waals surface area contributed by atoms with Crippen LogP contribution in [0.1, 0.15) is 19.8 Å². The number of para-hydroxylation sites is 1. The van der Waals surface area contributed by atoms with E-state index in [-0.39, 0.29) is 11.9 Å². The zero-order valence-electron chi connectivity index (χ0n) is 11.5. The van der Waals surface area contributed by atoms with Crippen LogP contribution >= 0.6 is 11.3 Å². The molecular formula is C15H18N2O2S. The van der Waals surface area contributed by atoms with E-state index in [1.807, 2.05) is 25.1 Å². The molecule has 5 heteroatoms. The minimum atomic E-state index is -0.0450. The zero-order valence-corrected chi connectivity index (χ0v) is 12.4. The molecule has 1 aliphatic rings. The molecule has 0 saturated carbocycles. The molecule has 4 nitrogen and oxygen atoms in total. The van der Waals surface area contributed by atoms with Crippen LogP contribution in [0.25, 0.3) is 10.2 Å². The SMILES string of the molecule is CCOC(=O)C1CCN(c2nc3ccccc3s2)CC1. The van der Waals surface area contributed by atoms with E-state index in [0.717, 1.165) is 36.6 Å². The number of rotatable bonds is 3. The number of anilines is 1. The maximum absolute atomic E-state index is 11.7. The van der Waals surface area contributed by atoms with Crippen molar-refractivity contribution in [3.63, 3.8) is 0 Å². The van der Waals surface area contributed by atoms with Crippen LogP contribution in [0.3, 0.4) is 0 Å². The Morgan fingerprint density at radius 2 is 2.15 bits per heavy atom. The van der Waals surface area contributed by atoms with Crippen LogP contribution in [-0.4, -0.2) is 30.6 Å². The molecule has 1 aromatic carbocycles. The second kappa shape index (κ2) is 5.79. The van der Waals surface area contributed by atoms with Crippen molar-refractivity contribution in [1.82, 2.24) is 4.98 Å². The van der Waals surface area contributed by atoms with Gasteiger partial charge in [0.2, 0.25) is 0 Å². The summed E-state index contributed by atoms with van der Waals surface area (Å²) in [6.07, 6.45) is 1.71. The summed E-state index contributed by atoms with van der Waals surface area (Å²) in [7, 11) is 0. The molecule has 1 aromatic heterocycles. The third-order valence-corrected chi connectivity index (χ3v) is 4.77. The first-order valence-electron chi connectivity index (χ1n) is 7.05. The lowest BCUT2D eigenvalue weighted by Crippen LogP contribution is -2.36. The molecule has 1 aliphatic heterocycles. The average molecular weight is 290 g/mol. The predicted octanol–water partition coefficient (Wildman–Crippen LogP) is 3.08. The summed E-state index contributed by atoms with van der Waals surface area (Å²) in [5.41, 5.74) is 1.06. The van der Waals surface area contributed by atoms with Crippen molar-refractivity contribution in [2.45, 2.75) is 19.8 Å². The minimum Gasteiger partial charge on any atom is -0.466 e. The van der Waals surface area contributed by atoms with Gasteiger partial charge in [0.25, 0.3) is 0 Å². The second-order valence-corrected chi connectivity index (χ2v) is 5.99. The number of nitrogens with zero attached hydrogens (tertiary/aromatic N) is 2. The van der Waals surface area contributed by atoms with E-state index in [4.69, 9.17) is 4.74 Å². The van der Waals surface area contributed by atoms with Gasteiger partial charge in [-0.1, -0.05) is 23.5 Å². The first-order chi connectivity index (χ1) is 9.78. The first-order valence-corrected chi connectivity index (χ1v) is 7.86. The summed E-state index contributed by atoms with van der Waals surface area (Å²) in [6.45, 7) is 4.08. The Balaban J connectivity index is 1.67. The Morgan fingerprint density at radius 3 is 2.85 bits per heavy atom. The molecule has 2 aromatic rings. The molecule has 0 N–H and O–H groups in total. The number of benzene rings is 1. The molecule has 3 rings (SSSR count). The Morgan fingerprint density at radius 1 is 1.40 bits per heavy atom. The highest BCUT2D eigenvalue weighted by Crippen LogP contribution is 2.31. The van der Waals surface area contributed by atoms with Gasteiger partial charge in [0.15, 0.2) is 5.13 Å². The quantitative estimate of drug-likeness (QED) is 0.815. The summed E-state index contributed by atoms with van der Waals surface area (Å²) in [4.78, 5) is 18.7. The maximum Gasteiger partial charge on any atom is 0.309 e. The zero-order chi connectivity index (χ0) is 13.9. The van der Waals surface area contributed by atoms with Crippen LogP contribution in [-0.2, 0) is 9.53 Å². The van der Waals surface area contributed by atoms with Crippen molar-refractivity contribution >= 4 is 32.7 Å². The Kier molecular flexibility index (Phi) is 3.87. The van der Waals surface area contributed by atoms with Crippen molar-refractivity contribution in [1.29, 1.82) is 0 Å². The van der Waals surface area contributed by atoms with Crippen molar-refractivity contribution in [3.8, 4) is 0 Å². The summed E-state index contributed by atoms with van der Waals surface area (Å²) in [5, 5.41) is 1.06. The standard InChI is InChI=1S/C15H18N2O2S/c1-2-19-14(18)11-7-9-17(10-8-11)15-16-12-5-3-4-6-13(12)20-15/h3-6,11H,2,7-10H2,1H3. The third kappa shape index (κ3) is 2.63. The lowest BCUT2D eigenvalue weighted by molar-refractivity contribution is -0.148. The smallest absolute Gasteiger partial charge is 0.309 e. The number of aromatic nitrogens is 1. The van der Waals surface area contributed by atoms with E-state index in [0.29, 0.717) is 6.61 Å². The molecule has 0 radical (unpaired) electrons. The number of hydrogen-bond donors (Lipinski definition) is 0. The lowest BCUT2D eigenvalue weighted by atomic mass is 9.97. The fourth-order valence-corrected chi connectivity index (χ4v) is 3.58. The predicted molar refractivity (Wildman–Crippen MR) is 81.2 cm³/mol. The van der Waals surface area contributed by atoms with Gasteiger partial charge in [-0.3, -0.25) is 4.79 Å². The Bertz CT molecular complexity index is 570. The normalized spacial score (nSPS) is 16.6. The van der Waals surface area contributed by atoms with E-state index in [1.54, 1.807) is 11.3 Å². The number of carbonyl (C=O) groups is 1. The molecule has 0 spiro atoms. The van der Waals surface area contributed by atoms with Gasteiger partial charge < -0.3 is 9.64 Å². The molecule has 0 unspecified atom stereocenters. The van der Waals surface area contributed by atoms with Gasteiger partial charge in [-0.25, -0.2) is 4.98 Å². The maximum atomic E-state index is 11.7. The van der Waals surface area contributed by atoms with Gasteiger partial charge in [0.1, 0.15) is 0 Å². The molecule has 106 valence electrons. The highest BCUT2D eigenvalue weighted by atomic mass is 32.1. The summed E-state index contributed by atoms with van der Waals surface area (Å²) < 4.78 is 6.32. The van der Waals surface area contributed by atoms with Crippen LogP contribution in [0.5, 0.6) is 0 Å². The molecule has 1 fully saturated rings. The number of piperidine rings is 1. The van der Waals surface area contributed by atoms with Gasteiger partial charge in [-0.05, 0) is 31.9 Å². The van der Waals surface area contributed by atoms with Crippen LogP contribution in [0, 0.1) is 5.92 Å².